The highest BCUT2D eigenvalue weighted by atomic mass is 16.5. The van der Waals surface area contributed by atoms with Crippen LogP contribution in [0.5, 0.6) is 5.75 Å². The minimum atomic E-state index is 0.852. The van der Waals surface area contributed by atoms with Crippen LogP contribution in [0, 0.1) is 0 Å². The van der Waals surface area contributed by atoms with Gasteiger partial charge in [-0.1, -0.05) is 37.3 Å². The fourth-order valence-corrected chi connectivity index (χ4v) is 2.34. The zero-order valence-electron chi connectivity index (χ0n) is 11.8. The van der Waals surface area contributed by atoms with E-state index in [4.69, 9.17) is 9.73 Å². The predicted molar refractivity (Wildman–Crippen MR) is 82.3 cm³/mol. The molecule has 2 aromatic rings. The molecule has 0 saturated carbocycles. The van der Waals surface area contributed by atoms with Gasteiger partial charge >= 0.3 is 0 Å². The van der Waals surface area contributed by atoms with Crippen molar-refractivity contribution in [3.05, 3.63) is 77.2 Å². The Hall–Kier alpha value is -2.35. The smallest absolute Gasteiger partial charge is 0.136 e. The molecule has 0 radical (unpaired) electrons. The molecule has 0 aromatic heterocycles. The lowest BCUT2D eigenvalue weighted by atomic mass is 9.99. The van der Waals surface area contributed by atoms with Crippen LogP contribution >= 0.6 is 0 Å². The number of hydrogen-bond donors (Lipinski definition) is 0. The minimum absolute atomic E-state index is 0.852. The van der Waals surface area contributed by atoms with Gasteiger partial charge in [0.05, 0.1) is 11.4 Å². The molecule has 1 aliphatic heterocycles. The third kappa shape index (κ3) is 2.37. The molecule has 20 heavy (non-hydrogen) atoms. The summed E-state index contributed by atoms with van der Waals surface area (Å²) in [5.41, 5.74) is 5.33. The molecule has 3 rings (SSSR count). The van der Waals surface area contributed by atoms with Crippen LogP contribution in [-0.2, 0) is 6.42 Å². The maximum absolute atomic E-state index is 5.69. The Balaban J connectivity index is 2.17. The lowest BCUT2D eigenvalue weighted by molar-refractivity contribution is 0.476. The van der Waals surface area contributed by atoms with Crippen molar-refractivity contribution < 1.29 is 4.74 Å². The number of para-hydroxylation sites is 1. The first-order chi connectivity index (χ1) is 9.78. The third-order valence-corrected chi connectivity index (χ3v) is 3.40. The number of rotatable bonds is 2. The van der Waals surface area contributed by atoms with Gasteiger partial charge in [-0.15, -0.1) is 0 Å². The molecule has 0 unspecified atom stereocenters. The summed E-state index contributed by atoms with van der Waals surface area (Å²) in [4.78, 5) is 4.72. The molecule has 100 valence electrons. The van der Waals surface area contributed by atoms with E-state index in [1.165, 1.54) is 5.56 Å². The first-order valence-electron chi connectivity index (χ1n) is 6.89. The molecule has 2 nitrogen and oxygen atoms in total. The van der Waals surface area contributed by atoms with Crippen molar-refractivity contribution in [2.45, 2.75) is 20.3 Å². The van der Waals surface area contributed by atoms with E-state index in [1.807, 2.05) is 25.1 Å². The van der Waals surface area contributed by atoms with Gasteiger partial charge in [-0.25, -0.2) is 4.99 Å². The lowest BCUT2D eigenvalue weighted by Crippen LogP contribution is -2.04. The fourth-order valence-electron chi connectivity index (χ4n) is 2.34. The second-order valence-corrected chi connectivity index (χ2v) is 4.89. The summed E-state index contributed by atoms with van der Waals surface area (Å²) in [7, 11) is 0. The zero-order valence-corrected chi connectivity index (χ0v) is 11.8. The monoisotopic (exact) mass is 263 g/mol. The number of allylic oxidation sites excluding steroid dienone is 1. The van der Waals surface area contributed by atoms with E-state index >= 15 is 0 Å². The summed E-state index contributed by atoms with van der Waals surface area (Å²) in [6, 6.07) is 16.6. The van der Waals surface area contributed by atoms with Gasteiger partial charge in [0.2, 0.25) is 0 Å². The van der Waals surface area contributed by atoms with Crippen LogP contribution in [0.2, 0.25) is 0 Å². The third-order valence-electron chi connectivity index (χ3n) is 3.40. The fraction of sp³-hybridized carbons (Fsp3) is 0.167. The molecule has 0 aliphatic carbocycles. The molecule has 0 N–H and O–H groups in total. The molecular formula is C18H17NO. The summed E-state index contributed by atoms with van der Waals surface area (Å²) in [5.74, 6) is 0.852. The Labute approximate surface area is 119 Å². The van der Waals surface area contributed by atoms with Crippen molar-refractivity contribution in [3.63, 3.8) is 0 Å². The maximum atomic E-state index is 5.69. The van der Waals surface area contributed by atoms with Crippen molar-refractivity contribution in [1.29, 1.82) is 0 Å². The quantitative estimate of drug-likeness (QED) is 0.789. The average molecular weight is 263 g/mol. The number of ether oxygens (including phenoxy) is 1. The Morgan fingerprint density at radius 2 is 1.90 bits per heavy atom. The minimum Gasteiger partial charge on any atom is -0.462 e. The number of benzene rings is 2. The van der Waals surface area contributed by atoms with Gasteiger partial charge in [-0.3, -0.25) is 0 Å². The zero-order chi connectivity index (χ0) is 13.9. The van der Waals surface area contributed by atoms with Crippen molar-refractivity contribution in [1.82, 2.24) is 0 Å². The molecule has 0 spiro atoms. The topological polar surface area (TPSA) is 21.6 Å². The highest BCUT2D eigenvalue weighted by molar-refractivity contribution is 6.15. The number of aliphatic imine (C=N–C) groups is 1. The Kier molecular flexibility index (Phi) is 3.38. The molecule has 0 atom stereocenters. The van der Waals surface area contributed by atoms with Crippen LogP contribution in [0.15, 0.2) is 65.5 Å². The summed E-state index contributed by atoms with van der Waals surface area (Å²) in [6.07, 6.45) is 2.73. The molecule has 2 heteroatoms. The normalized spacial score (nSPS) is 13.7. The number of aryl methyl sites for hydroxylation is 1. The first-order valence-corrected chi connectivity index (χ1v) is 6.89. The van der Waals surface area contributed by atoms with Crippen LogP contribution in [-0.4, -0.2) is 5.71 Å². The SMILES string of the molecule is CCc1cccc(C2=NC(C)=COc3ccccc32)c1. The van der Waals surface area contributed by atoms with Crippen LogP contribution < -0.4 is 4.74 Å². The largest absolute Gasteiger partial charge is 0.462 e. The predicted octanol–water partition coefficient (Wildman–Crippen LogP) is 4.34. The molecular weight excluding hydrogens is 246 g/mol. The second-order valence-electron chi connectivity index (χ2n) is 4.89. The number of hydrogen-bond acceptors (Lipinski definition) is 2. The second kappa shape index (κ2) is 5.33. The lowest BCUT2D eigenvalue weighted by Gasteiger charge is -2.10. The van der Waals surface area contributed by atoms with Crippen LogP contribution in [0.25, 0.3) is 0 Å². The Morgan fingerprint density at radius 1 is 1.05 bits per heavy atom. The van der Waals surface area contributed by atoms with Crippen LogP contribution in [0.4, 0.5) is 0 Å². The van der Waals surface area contributed by atoms with E-state index in [0.29, 0.717) is 0 Å². The summed E-state index contributed by atoms with van der Waals surface area (Å²) >= 11 is 0. The Morgan fingerprint density at radius 3 is 2.75 bits per heavy atom. The summed E-state index contributed by atoms with van der Waals surface area (Å²) < 4.78 is 5.69. The van der Waals surface area contributed by atoms with Crippen molar-refractivity contribution >= 4 is 5.71 Å². The van der Waals surface area contributed by atoms with Gasteiger partial charge in [0.25, 0.3) is 0 Å². The molecule has 1 aliphatic rings. The van der Waals surface area contributed by atoms with Gasteiger partial charge < -0.3 is 4.74 Å². The van der Waals surface area contributed by atoms with E-state index in [1.54, 1.807) is 6.26 Å². The van der Waals surface area contributed by atoms with Gasteiger partial charge in [0, 0.05) is 11.1 Å². The number of fused-ring (bicyclic) bond motifs is 1. The molecule has 0 saturated heterocycles. The van der Waals surface area contributed by atoms with Crippen LogP contribution in [0.1, 0.15) is 30.5 Å². The molecule has 0 bridgehead atoms. The van der Waals surface area contributed by atoms with Gasteiger partial charge in [-0.05, 0) is 37.1 Å². The highest BCUT2D eigenvalue weighted by Crippen LogP contribution is 2.26. The molecule has 0 amide bonds. The van der Waals surface area contributed by atoms with Gasteiger partial charge in [-0.2, -0.15) is 0 Å². The standard InChI is InChI=1S/C18H17NO/c1-3-14-7-6-8-15(11-14)18-16-9-4-5-10-17(16)20-12-13(2)19-18/h4-12H,3H2,1-2H3. The van der Waals surface area contributed by atoms with Gasteiger partial charge in [0.1, 0.15) is 12.0 Å². The molecule has 1 heterocycles. The molecule has 0 fully saturated rings. The van der Waals surface area contributed by atoms with E-state index in [2.05, 4.69) is 37.3 Å². The van der Waals surface area contributed by atoms with E-state index in [0.717, 1.165) is 34.7 Å². The number of nitrogens with zero attached hydrogens (tertiary/aromatic N) is 1. The molecule has 2 aromatic carbocycles. The van der Waals surface area contributed by atoms with E-state index in [9.17, 15) is 0 Å². The van der Waals surface area contributed by atoms with Crippen molar-refractivity contribution in [3.8, 4) is 5.75 Å². The Bertz CT molecular complexity index is 698. The van der Waals surface area contributed by atoms with Gasteiger partial charge in [0.15, 0.2) is 0 Å². The van der Waals surface area contributed by atoms with Crippen molar-refractivity contribution in [2.24, 2.45) is 4.99 Å². The van der Waals surface area contributed by atoms with E-state index in [-0.39, 0.29) is 0 Å². The average Bonchev–Trinajstić information content (AvgIpc) is 2.67. The first kappa shape index (κ1) is 12.7. The summed E-state index contributed by atoms with van der Waals surface area (Å²) in [5, 5.41) is 0. The van der Waals surface area contributed by atoms with E-state index < -0.39 is 0 Å². The van der Waals surface area contributed by atoms with Crippen LogP contribution in [0.3, 0.4) is 0 Å². The maximum Gasteiger partial charge on any atom is 0.136 e. The summed E-state index contributed by atoms with van der Waals surface area (Å²) in [6.45, 7) is 4.12. The highest BCUT2D eigenvalue weighted by Gasteiger charge is 2.15. The van der Waals surface area contributed by atoms with Crippen molar-refractivity contribution in [2.75, 3.05) is 0 Å².